The maximum Gasteiger partial charge on any atom is 0.333 e. The summed E-state index contributed by atoms with van der Waals surface area (Å²) >= 11 is 5.92. The second kappa shape index (κ2) is 7.22. The van der Waals surface area contributed by atoms with Gasteiger partial charge in [-0.1, -0.05) is 29.8 Å². The van der Waals surface area contributed by atoms with Gasteiger partial charge in [-0.15, -0.1) is 0 Å². The van der Waals surface area contributed by atoms with Crippen LogP contribution in [0.1, 0.15) is 17.0 Å². The van der Waals surface area contributed by atoms with Crippen molar-refractivity contribution in [2.75, 3.05) is 4.90 Å². The lowest BCUT2D eigenvalue weighted by atomic mass is 10.2. The smallest absolute Gasteiger partial charge is 0.318 e. The number of urea groups is 1. The standard InChI is InChI=1S/C22H17ClFN3O2/c1-13-10-15(14(2)26(13)17-8-9-19(24)18(23)12-17)11-20-21(28)27(22(29)25-20)16-6-4-3-5-7-16/h3-12H,1-2H3,(H,25,29). The maximum absolute atomic E-state index is 13.5. The number of hydrogen-bond donors (Lipinski definition) is 1. The van der Waals surface area contributed by atoms with Crippen molar-refractivity contribution in [3.05, 3.63) is 88.1 Å². The molecule has 1 aromatic heterocycles. The molecule has 1 aliphatic heterocycles. The Kier molecular flexibility index (Phi) is 4.72. The minimum Gasteiger partial charge on any atom is -0.318 e. The molecule has 0 saturated carbocycles. The van der Waals surface area contributed by atoms with Crippen LogP contribution < -0.4 is 10.2 Å². The number of imide groups is 1. The van der Waals surface area contributed by atoms with Crippen molar-refractivity contribution in [2.24, 2.45) is 0 Å². The van der Waals surface area contributed by atoms with Crippen LogP contribution >= 0.6 is 11.6 Å². The highest BCUT2D eigenvalue weighted by atomic mass is 35.5. The second-order valence-electron chi connectivity index (χ2n) is 6.72. The van der Waals surface area contributed by atoms with E-state index in [1.165, 1.54) is 6.07 Å². The third-order valence-corrected chi connectivity index (χ3v) is 5.11. The number of hydrogen-bond acceptors (Lipinski definition) is 2. The van der Waals surface area contributed by atoms with Gasteiger partial charge in [-0.05, 0) is 61.9 Å². The molecule has 1 aliphatic rings. The Labute approximate surface area is 172 Å². The van der Waals surface area contributed by atoms with Gasteiger partial charge in [-0.25, -0.2) is 14.1 Å². The lowest BCUT2D eigenvalue weighted by Crippen LogP contribution is -2.30. The molecule has 1 saturated heterocycles. The van der Waals surface area contributed by atoms with E-state index in [0.717, 1.165) is 21.9 Å². The summed E-state index contributed by atoms with van der Waals surface area (Å²) in [6.07, 6.45) is 1.65. The van der Waals surface area contributed by atoms with E-state index in [2.05, 4.69) is 5.32 Å². The summed E-state index contributed by atoms with van der Waals surface area (Å²) in [5.74, 6) is -0.906. The first kappa shape index (κ1) is 19.0. The number of carbonyl (C=O) groups excluding carboxylic acids is 2. The van der Waals surface area contributed by atoms with Crippen LogP contribution in [0.2, 0.25) is 5.02 Å². The molecule has 0 radical (unpaired) electrons. The van der Waals surface area contributed by atoms with E-state index in [1.54, 1.807) is 42.5 Å². The van der Waals surface area contributed by atoms with E-state index in [1.807, 2.05) is 30.5 Å². The number of benzene rings is 2. The van der Waals surface area contributed by atoms with Crippen LogP contribution in [0.3, 0.4) is 0 Å². The van der Waals surface area contributed by atoms with Crippen LogP contribution in [0.5, 0.6) is 0 Å². The summed E-state index contributed by atoms with van der Waals surface area (Å²) in [5.41, 5.74) is 3.89. The predicted molar refractivity (Wildman–Crippen MR) is 111 cm³/mol. The SMILES string of the molecule is Cc1cc(C=C2NC(=O)N(c3ccccc3)C2=O)c(C)n1-c1ccc(F)c(Cl)c1. The lowest BCUT2D eigenvalue weighted by molar-refractivity contribution is -0.113. The molecule has 0 unspecified atom stereocenters. The van der Waals surface area contributed by atoms with Crippen LogP contribution in [0.4, 0.5) is 14.9 Å². The highest BCUT2D eigenvalue weighted by molar-refractivity contribution is 6.31. The highest BCUT2D eigenvalue weighted by Crippen LogP contribution is 2.27. The van der Waals surface area contributed by atoms with Gasteiger partial charge in [0.2, 0.25) is 0 Å². The van der Waals surface area contributed by atoms with Crippen molar-refractivity contribution < 1.29 is 14.0 Å². The largest absolute Gasteiger partial charge is 0.333 e. The van der Waals surface area contributed by atoms with Gasteiger partial charge >= 0.3 is 6.03 Å². The van der Waals surface area contributed by atoms with Crippen LogP contribution in [-0.2, 0) is 4.79 Å². The van der Waals surface area contributed by atoms with Gasteiger partial charge in [-0.2, -0.15) is 0 Å². The molecule has 2 aromatic carbocycles. The van der Waals surface area contributed by atoms with Gasteiger partial charge in [0.05, 0.1) is 10.7 Å². The van der Waals surface area contributed by atoms with E-state index in [0.29, 0.717) is 11.4 Å². The number of anilines is 1. The van der Waals surface area contributed by atoms with E-state index in [9.17, 15) is 14.0 Å². The molecule has 0 spiro atoms. The van der Waals surface area contributed by atoms with E-state index in [-0.39, 0.29) is 10.7 Å². The Hall–Kier alpha value is -3.38. The molecule has 29 heavy (non-hydrogen) atoms. The fourth-order valence-electron chi connectivity index (χ4n) is 3.46. The summed E-state index contributed by atoms with van der Waals surface area (Å²) in [5, 5.41) is 2.67. The Morgan fingerprint density at radius 3 is 2.41 bits per heavy atom. The molecule has 146 valence electrons. The molecule has 0 aliphatic carbocycles. The fourth-order valence-corrected chi connectivity index (χ4v) is 3.63. The van der Waals surface area contributed by atoms with Gasteiger partial charge in [0.1, 0.15) is 11.5 Å². The summed E-state index contributed by atoms with van der Waals surface area (Å²) < 4.78 is 15.4. The van der Waals surface area contributed by atoms with Crippen molar-refractivity contribution >= 4 is 35.3 Å². The number of aryl methyl sites for hydroxylation is 1. The van der Waals surface area contributed by atoms with Crippen molar-refractivity contribution in [1.82, 2.24) is 9.88 Å². The first-order valence-corrected chi connectivity index (χ1v) is 9.31. The summed E-state index contributed by atoms with van der Waals surface area (Å²) in [6.45, 7) is 3.78. The number of nitrogens with one attached hydrogen (secondary N) is 1. The molecule has 1 fully saturated rings. The molecule has 1 N–H and O–H groups in total. The topological polar surface area (TPSA) is 54.3 Å². The normalized spacial score (nSPS) is 15.3. The number of aromatic nitrogens is 1. The molecular weight excluding hydrogens is 393 g/mol. The maximum atomic E-state index is 13.5. The molecule has 0 bridgehead atoms. The Morgan fingerprint density at radius 2 is 1.72 bits per heavy atom. The van der Waals surface area contributed by atoms with Gasteiger partial charge < -0.3 is 9.88 Å². The second-order valence-corrected chi connectivity index (χ2v) is 7.13. The van der Waals surface area contributed by atoms with Gasteiger partial charge in [0.15, 0.2) is 0 Å². The van der Waals surface area contributed by atoms with E-state index >= 15 is 0 Å². The van der Waals surface area contributed by atoms with Gasteiger partial charge in [-0.3, -0.25) is 4.79 Å². The number of para-hydroxylation sites is 1. The van der Waals surface area contributed by atoms with Crippen LogP contribution in [0.25, 0.3) is 11.8 Å². The average Bonchev–Trinajstić information content (AvgIpc) is 3.13. The van der Waals surface area contributed by atoms with E-state index in [4.69, 9.17) is 11.6 Å². The highest BCUT2D eigenvalue weighted by Gasteiger charge is 2.34. The molecule has 3 amide bonds. The van der Waals surface area contributed by atoms with Crippen LogP contribution in [-0.4, -0.2) is 16.5 Å². The van der Waals surface area contributed by atoms with Crippen molar-refractivity contribution in [1.29, 1.82) is 0 Å². The first-order chi connectivity index (χ1) is 13.9. The quantitative estimate of drug-likeness (QED) is 0.489. The van der Waals surface area contributed by atoms with E-state index < -0.39 is 17.8 Å². The Morgan fingerprint density at radius 1 is 1.00 bits per heavy atom. The zero-order chi connectivity index (χ0) is 20.7. The summed E-state index contributed by atoms with van der Waals surface area (Å²) in [7, 11) is 0. The minimum absolute atomic E-state index is 0.0339. The van der Waals surface area contributed by atoms with Gasteiger partial charge in [0.25, 0.3) is 5.91 Å². The summed E-state index contributed by atoms with van der Waals surface area (Å²) in [4.78, 5) is 26.2. The molecule has 0 atom stereocenters. The zero-order valence-electron chi connectivity index (χ0n) is 15.7. The minimum atomic E-state index is -0.494. The number of halogens is 2. The third-order valence-electron chi connectivity index (χ3n) is 4.82. The van der Waals surface area contributed by atoms with Crippen LogP contribution in [0.15, 0.2) is 60.3 Å². The first-order valence-electron chi connectivity index (χ1n) is 8.93. The van der Waals surface area contributed by atoms with Gasteiger partial charge in [0, 0.05) is 17.1 Å². The fraction of sp³-hybridized carbons (Fsp3) is 0.0909. The lowest BCUT2D eigenvalue weighted by Gasteiger charge is -2.11. The molecule has 2 heterocycles. The molecule has 3 aromatic rings. The molecular formula is C22H17ClFN3O2. The van der Waals surface area contributed by atoms with Crippen molar-refractivity contribution in [2.45, 2.75) is 13.8 Å². The summed E-state index contributed by atoms with van der Waals surface area (Å²) in [6, 6.07) is 14.6. The Bertz CT molecular complexity index is 1170. The van der Waals surface area contributed by atoms with Crippen molar-refractivity contribution in [3.8, 4) is 5.69 Å². The third kappa shape index (κ3) is 3.32. The average molecular weight is 410 g/mol. The van der Waals surface area contributed by atoms with Crippen LogP contribution in [0, 0.1) is 19.7 Å². The Balaban J connectivity index is 1.71. The molecule has 7 heteroatoms. The zero-order valence-corrected chi connectivity index (χ0v) is 16.5. The number of carbonyl (C=O) groups is 2. The van der Waals surface area contributed by atoms with Crippen molar-refractivity contribution in [3.63, 3.8) is 0 Å². The number of amides is 3. The number of rotatable bonds is 3. The predicted octanol–water partition coefficient (Wildman–Crippen LogP) is 4.98. The number of nitrogens with zero attached hydrogens (tertiary/aromatic N) is 2. The monoisotopic (exact) mass is 409 g/mol. The molecule has 4 rings (SSSR count). The molecule has 5 nitrogen and oxygen atoms in total.